The molecule has 156 valence electrons. The van der Waals surface area contributed by atoms with Crippen LogP contribution in [0.5, 0.6) is 0 Å². The minimum atomic E-state index is 0.151. The number of anilines is 1. The number of carbonyl (C=O) groups excluding carboxylic acids is 1. The predicted molar refractivity (Wildman–Crippen MR) is 118 cm³/mol. The van der Waals surface area contributed by atoms with Crippen molar-refractivity contribution in [3.8, 4) is 5.69 Å². The summed E-state index contributed by atoms with van der Waals surface area (Å²) in [4.78, 5) is 17.0. The number of para-hydroxylation sites is 1. The molecule has 0 unspecified atom stereocenters. The highest BCUT2D eigenvalue weighted by atomic mass is 35.5. The molecule has 0 bridgehead atoms. The SMILES string of the molecule is CN(C(=O)CSc1nnc(N2CCCC2)n1-c1ccccc1Cl)C1CCCCC1. The molecule has 0 radical (unpaired) electrons. The summed E-state index contributed by atoms with van der Waals surface area (Å²) in [6.45, 7) is 1.94. The Morgan fingerprint density at radius 1 is 1.14 bits per heavy atom. The largest absolute Gasteiger partial charge is 0.342 e. The topological polar surface area (TPSA) is 54.3 Å². The molecule has 2 aliphatic rings. The molecule has 4 rings (SSSR count). The van der Waals surface area contributed by atoms with Gasteiger partial charge in [-0.25, -0.2) is 0 Å². The molecule has 2 fully saturated rings. The second-order valence-electron chi connectivity index (χ2n) is 7.85. The van der Waals surface area contributed by atoms with Gasteiger partial charge in [-0.05, 0) is 37.8 Å². The number of amides is 1. The Balaban J connectivity index is 1.54. The van der Waals surface area contributed by atoms with Gasteiger partial charge in [0.2, 0.25) is 11.9 Å². The summed E-state index contributed by atoms with van der Waals surface area (Å²) >= 11 is 7.95. The van der Waals surface area contributed by atoms with Crippen molar-refractivity contribution in [1.29, 1.82) is 0 Å². The summed E-state index contributed by atoms with van der Waals surface area (Å²) in [6.07, 6.45) is 8.26. The van der Waals surface area contributed by atoms with Gasteiger partial charge in [-0.2, -0.15) is 0 Å². The van der Waals surface area contributed by atoms with E-state index in [9.17, 15) is 4.79 Å². The van der Waals surface area contributed by atoms with E-state index in [1.54, 1.807) is 0 Å². The summed E-state index contributed by atoms with van der Waals surface area (Å²) in [7, 11) is 1.94. The zero-order valence-electron chi connectivity index (χ0n) is 16.9. The van der Waals surface area contributed by atoms with E-state index in [1.165, 1.54) is 31.0 Å². The summed E-state index contributed by atoms with van der Waals surface area (Å²) in [5.74, 6) is 1.32. The molecule has 2 heterocycles. The number of nitrogens with zero attached hydrogens (tertiary/aromatic N) is 5. The Hall–Kier alpha value is -1.73. The van der Waals surface area contributed by atoms with E-state index in [4.69, 9.17) is 11.6 Å². The number of thioether (sulfide) groups is 1. The van der Waals surface area contributed by atoms with Crippen LogP contribution in [0, 0.1) is 0 Å². The van der Waals surface area contributed by atoms with Gasteiger partial charge < -0.3 is 9.80 Å². The van der Waals surface area contributed by atoms with Crippen molar-refractivity contribution in [1.82, 2.24) is 19.7 Å². The maximum Gasteiger partial charge on any atom is 0.233 e. The van der Waals surface area contributed by atoms with Crippen LogP contribution in [0.1, 0.15) is 44.9 Å². The van der Waals surface area contributed by atoms with Gasteiger partial charge in [-0.15, -0.1) is 10.2 Å². The number of hydrogen-bond donors (Lipinski definition) is 0. The van der Waals surface area contributed by atoms with Crippen LogP contribution in [-0.4, -0.2) is 57.5 Å². The standard InChI is InChI=1S/C21H28ClN5OS/c1-25(16-9-3-2-4-10-16)19(28)15-29-21-24-23-20(26-13-7-8-14-26)27(21)18-12-6-5-11-17(18)22/h5-6,11-12,16H,2-4,7-10,13-15H2,1H3. The van der Waals surface area contributed by atoms with Crippen LogP contribution in [0.2, 0.25) is 5.02 Å². The maximum absolute atomic E-state index is 12.8. The number of benzene rings is 1. The van der Waals surface area contributed by atoms with Crippen molar-refractivity contribution in [3.05, 3.63) is 29.3 Å². The second-order valence-corrected chi connectivity index (χ2v) is 9.20. The summed E-state index contributed by atoms with van der Waals surface area (Å²) in [6, 6.07) is 8.11. The average Bonchev–Trinajstić information content (AvgIpc) is 3.42. The Morgan fingerprint density at radius 2 is 1.86 bits per heavy atom. The van der Waals surface area contributed by atoms with Crippen molar-refractivity contribution in [2.75, 3.05) is 30.8 Å². The number of hydrogen-bond acceptors (Lipinski definition) is 5. The van der Waals surface area contributed by atoms with Crippen molar-refractivity contribution >= 4 is 35.2 Å². The molecule has 1 saturated heterocycles. The fourth-order valence-corrected chi connectivity index (χ4v) is 5.31. The van der Waals surface area contributed by atoms with Gasteiger partial charge >= 0.3 is 0 Å². The Morgan fingerprint density at radius 3 is 2.59 bits per heavy atom. The molecule has 0 atom stereocenters. The Kier molecular flexibility index (Phi) is 6.65. The van der Waals surface area contributed by atoms with Crippen LogP contribution in [0.4, 0.5) is 5.95 Å². The summed E-state index contributed by atoms with van der Waals surface area (Å²) < 4.78 is 2.01. The van der Waals surface area contributed by atoms with Crippen molar-refractivity contribution < 1.29 is 4.79 Å². The van der Waals surface area contributed by atoms with Crippen LogP contribution in [0.15, 0.2) is 29.4 Å². The van der Waals surface area contributed by atoms with Gasteiger partial charge in [0.15, 0.2) is 5.16 Å². The molecule has 0 N–H and O–H groups in total. The first-order valence-electron chi connectivity index (χ1n) is 10.5. The van der Waals surface area contributed by atoms with E-state index >= 15 is 0 Å². The zero-order valence-corrected chi connectivity index (χ0v) is 18.5. The van der Waals surface area contributed by atoms with E-state index in [1.807, 2.05) is 40.8 Å². The molecule has 6 nitrogen and oxygen atoms in total. The molecule has 1 aliphatic carbocycles. The van der Waals surface area contributed by atoms with Crippen LogP contribution < -0.4 is 4.90 Å². The van der Waals surface area contributed by atoms with Crippen molar-refractivity contribution in [3.63, 3.8) is 0 Å². The molecule has 29 heavy (non-hydrogen) atoms. The molecule has 1 saturated carbocycles. The quantitative estimate of drug-likeness (QED) is 0.632. The third kappa shape index (κ3) is 4.56. The molecular formula is C21H28ClN5OS. The first kappa shape index (κ1) is 20.5. The molecule has 0 spiro atoms. The molecule has 1 aromatic carbocycles. The lowest BCUT2D eigenvalue weighted by molar-refractivity contribution is -0.129. The smallest absolute Gasteiger partial charge is 0.233 e. The van der Waals surface area contributed by atoms with Gasteiger partial charge in [-0.3, -0.25) is 9.36 Å². The van der Waals surface area contributed by atoms with Gasteiger partial charge in [0.1, 0.15) is 0 Å². The minimum absolute atomic E-state index is 0.151. The van der Waals surface area contributed by atoms with E-state index in [0.717, 1.165) is 50.4 Å². The second kappa shape index (κ2) is 9.39. The highest BCUT2D eigenvalue weighted by molar-refractivity contribution is 7.99. The van der Waals surface area contributed by atoms with E-state index in [2.05, 4.69) is 15.1 Å². The Bertz CT molecular complexity index is 845. The molecule has 8 heteroatoms. The highest BCUT2D eigenvalue weighted by Gasteiger charge is 2.26. The third-order valence-corrected chi connectivity index (χ3v) is 7.17. The van der Waals surface area contributed by atoms with E-state index in [0.29, 0.717) is 22.0 Å². The molecule has 1 aromatic heterocycles. The van der Waals surface area contributed by atoms with Crippen LogP contribution >= 0.6 is 23.4 Å². The van der Waals surface area contributed by atoms with E-state index in [-0.39, 0.29) is 5.91 Å². The normalized spacial score (nSPS) is 17.7. The fraction of sp³-hybridized carbons (Fsp3) is 0.571. The lowest BCUT2D eigenvalue weighted by Crippen LogP contribution is -2.39. The first-order chi connectivity index (χ1) is 14.1. The van der Waals surface area contributed by atoms with Gasteiger partial charge in [0.05, 0.1) is 16.5 Å². The maximum atomic E-state index is 12.8. The average molecular weight is 434 g/mol. The molecule has 2 aromatic rings. The number of aromatic nitrogens is 3. The third-order valence-electron chi connectivity index (χ3n) is 5.94. The van der Waals surface area contributed by atoms with Crippen LogP contribution in [-0.2, 0) is 4.79 Å². The van der Waals surface area contributed by atoms with Crippen LogP contribution in [0.25, 0.3) is 5.69 Å². The molecule has 1 aliphatic heterocycles. The van der Waals surface area contributed by atoms with Crippen LogP contribution in [0.3, 0.4) is 0 Å². The number of halogens is 1. The number of carbonyl (C=O) groups is 1. The summed E-state index contributed by atoms with van der Waals surface area (Å²) in [5, 5.41) is 10.3. The van der Waals surface area contributed by atoms with Crippen molar-refractivity contribution in [2.24, 2.45) is 0 Å². The van der Waals surface area contributed by atoms with Gasteiger partial charge in [0, 0.05) is 26.2 Å². The van der Waals surface area contributed by atoms with Gasteiger partial charge in [-0.1, -0.05) is 54.8 Å². The minimum Gasteiger partial charge on any atom is -0.342 e. The number of rotatable bonds is 6. The Labute approximate surface area is 181 Å². The lowest BCUT2D eigenvalue weighted by atomic mass is 9.94. The fourth-order valence-electron chi connectivity index (χ4n) is 4.22. The zero-order chi connectivity index (χ0) is 20.2. The first-order valence-corrected chi connectivity index (χ1v) is 11.8. The predicted octanol–water partition coefficient (Wildman–Crippen LogP) is 4.40. The van der Waals surface area contributed by atoms with Crippen molar-refractivity contribution in [2.45, 2.75) is 56.1 Å². The summed E-state index contributed by atoms with van der Waals surface area (Å²) in [5.41, 5.74) is 0.858. The van der Waals surface area contributed by atoms with Gasteiger partial charge in [0.25, 0.3) is 0 Å². The monoisotopic (exact) mass is 433 g/mol. The van der Waals surface area contributed by atoms with E-state index < -0.39 is 0 Å². The molecule has 1 amide bonds. The highest BCUT2D eigenvalue weighted by Crippen LogP contribution is 2.32. The molecular weight excluding hydrogens is 406 g/mol. The lowest BCUT2D eigenvalue weighted by Gasteiger charge is -2.31.